The first-order valence-corrected chi connectivity index (χ1v) is 7.90. The molecule has 0 saturated heterocycles. The van der Waals surface area contributed by atoms with Gasteiger partial charge in [-0.25, -0.2) is 4.39 Å². The standard InChI is InChI=1S/C18H18FIO/c1-9-10(2)12(4)17(13(5)11(9)3)18(21)15-7-6-14(19)8-16(15)20/h6-8H,1-5H3. The molecule has 2 aromatic carbocycles. The zero-order chi connectivity index (χ0) is 15.9. The third-order valence-electron chi connectivity index (χ3n) is 4.40. The van der Waals surface area contributed by atoms with Crippen molar-refractivity contribution in [1.29, 1.82) is 0 Å². The Bertz CT molecular complexity index is 718. The Kier molecular flexibility index (Phi) is 4.51. The Balaban J connectivity index is 2.70. The first kappa shape index (κ1) is 16.1. The topological polar surface area (TPSA) is 17.1 Å². The molecule has 2 aromatic rings. The summed E-state index contributed by atoms with van der Waals surface area (Å²) in [5, 5.41) is 0. The lowest BCUT2D eigenvalue weighted by Crippen LogP contribution is -2.12. The maximum absolute atomic E-state index is 13.2. The van der Waals surface area contributed by atoms with E-state index < -0.39 is 0 Å². The van der Waals surface area contributed by atoms with Gasteiger partial charge in [-0.15, -0.1) is 0 Å². The molecule has 0 aliphatic heterocycles. The van der Waals surface area contributed by atoms with E-state index in [1.807, 2.05) is 50.3 Å². The third-order valence-corrected chi connectivity index (χ3v) is 5.30. The minimum Gasteiger partial charge on any atom is -0.289 e. The zero-order valence-corrected chi connectivity index (χ0v) is 15.1. The highest BCUT2D eigenvalue weighted by molar-refractivity contribution is 14.1. The summed E-state index contributed by atoms with van der Waals surface area (Å²) in [6, 6.07) is 4.31. The van der Waals surface area contributed by atoms with Crippen molar-refractivity contribution in [2.45, 2.75) is 34.6 Å². The smallest absolute Gasteiger partial charge is 0.194 e. The van der Waals surface area contributed by atoms with Crippen molar-refractivity contribution in [2.75, 3.05) is 0 Å². The second kappa shape index (κ2) is 5.87. The van der Waals surface area contributed by atoms with E-state index in [9.17, 15) is 9.18 Å². The van der Waals surface area contributed by atoms with Gasteiger partial charge in [-0.1, -0.05) is 0 Å². The molecule has 1 nitrogen and oxygen atoms in total. The fraction of sp³-hybridized carbons (Fsp3) is 0.278. The number of ketones is 1. The van der Waals surface area contributed by atoms with Gasteiger partial charge in [0.05, 0.1) is 0 Å². The second-order valence-corrected chi connectivity index (χ2v) is 6.62. The highest BCUT2D eigenvalue weighted by atomic mass is 127. The van der Waals surface area contributed by atoms with E-state index in [4.69, 9.17) is 0 Å². The zero-order valence-electron chi connectivity index (χ0n) is 12.9. The molecule has 2 rings (SSSR count). The molecule has 0 unspecified atom stereocenters. The molecule has 0 amide bonds. The van der Waals surface area contributed by atoms with Gasteiger partial charge in [0.2, 0.25) is 0 Å². The number of hydrogen-bond acceptors (Lipinski definition) is 1. The predicted octanol–water partition coefficient (Wildman–Crippen LogP) is 5.20. The van der Waals surface area contributed by atoms with Crippen molar-refractivity contribution in [1.82, 2.24) is 0 Å². The van der Waals surface area contributed by atoms with Gasteiger partial charge >= 0.3 is 0 Å². The van der Waals surface area contributed by atoms with E-state index in [1.165, 1.54) is 17.7 Å². The van der Waals surface area contributed by atoms with Crippen LogP contribution in [0.5, 0.6) is 0 Å². The molecule has 0 atom stereocenters. The number of benzene rings is 2. The average Bonchev–Trinajstić information content (AvgIpc) is 2.43. The summed E-state index contributed by atoms with van der Waals surface area (Å²) in [6.07, 6.45) is 0. The summed E-state index contributed by atoms with van der Waals surface area (Å²) in [7, 11) is 0. The summed E-state index contributed by atoms with van der Waals surface area (Å²) < 4.78 is 13.9. The fourth-order valence-electron chi connectivity index (χ4n) is 2.65. The Morgan fingerprint density at radius 2 is 1.38 bits per heavy atom. The van der Waals surface area contributed by atoms with E-state index in [0.717, 1.165) is 27.8 Å². The summed E-state index contributed by atoms with van der Waals surface area (Å²) in [5.74, 6) is -0.346. The molecular formula is C18H18FIO. The molecule has 0 fully saturated rings. The van der Waals surface area contributed by atoms with Crippen LogP contribution in [0.1, 0.15) is 43.7 Å². The summed E-state index contributed by atoms with van der Waals surface area (Å²) >= 11 is 2.01. The Hall–Kier alpha value is -1.23. The average molecular weight is 396 g/mol. The molecule has 0 bridgehead atoms. The van der Waals surface area contributed by atoms with Crippen LogP contribution < -0.4 is 0 Å². The van der Waals surface area contributed by atoms with Crippen LogP contribution in [0.4, 0.5) is 4.39 Å². The van der Waals surface area contributed by atoms with Gasteiger partial charge in [0.25, 0.3) is 0 Å². The van der Waals surface area contributed by atoms with Crippen molar-refractivity contribution < 1.29 is 9.18 Å². The van der Waals surface area contributed by atoms with Crippen LogP contribution in [0.25, 0.3) is 0 Å². The van der Waals surface area contributed by atoms with Crippen molar-refractivity contribution in [2.24, 2.45) is 0 Å². The molecule has 0 saturated carbocycles. The van der Waals surface area contributed by atoms with Crippen LogP contribution in [-0.4, -0.2) is 5.78 Å². The first-order chi connectivity index (χ1) is 9.75. The van der Waals surface area contributed by atoms with Crippen LogP contribution in [0.3, 0.4) is 0 Å². The molecule has 0 aromatic heterocycles. The maximum Gasteiger partial charge on any atom is 0.194 e. The molecule has 0 N–H and O–H groups in total. The lowest BCUT2D eigenvalue weighted by molar-refractivity contribution is 0.103. The minimum absolute atomic E-state index is 0.0272. The van der Waals surface area contributed by atoms with E-state index in [1.54, 1.807) is 6.07 Å². The molecule has 0 aliphatic rings. The van der Waals surface area contributed by atoms with E-state index in [0.29, 0.717) is 9.13 Å². The van der Waals surface area contributed by atoms with Crippen molar-refractivity contribution in [3.8, 4) is 0 Å². The number of hydrogen-bond donors (Lipinski definition) is 0. The monoisotopic (exact) mass is 396 g/mol. The van der Waals surface area contributed by atoms with Crippen molar-refractivity contribution in [3.63, 3.8) is 0 Å². The van der Waals surface area contributed by atoms with Gasteiger partial charge in [-0.3, -0.25) is 4.79 Å². The summed E-state index contributed by atoms with van der Waals surface area (Å²) in [6.45, 7) is 10.1. The normalized spacial score (nSPS) is 10.8. The SMILES string of the molecule is Cc1c(C)c(C)c(C(=O)c2ccc(F)cc2I)c(C)c1C. The van der Waals surface area contributed by atoms with Gasteiger partial charge in [0.1, 0.15) is 5.82 Å². The molecule has 0 aliphatic carbocycles. The van der Waals surface area contributed by atoms with Crippen LogP contribution in [-0.2, 0) is 0 Å². The predicted molar refractivity (Wildman–Crippen MR) is 92.7 cm³/mol. The van der Waals surface area contributed by atoms with Crippen LogP contribution in [0, 0.1) is 44.0 Å². The lowest BCUT2D eigenvalue weighted by Gasteiger charge is -2.18. The first-order valence-electron chi connectivity index (χ1n) is 6.82. The molecule has 0 radical (unpaired) electrons. The second-order valence-electron chi connectivity index (χ2n) is 5.45. The molecular weight excluding hydrogens is 378 g/mol. The molecule has 21 heavy (non-hydrogen) atoms. The van der Waals surface area contributed by atoms with E-state index in [2.05, 4.69) is 6.92 Å². The highest BCUT2D eigenvalue weighted by Gasteiger charge is 2.21. The quantitative estimate of drug-likeness (QED) is 0.504. The number of halogens is 2. The fourth-order valence-corrected chi connectivity index (χ4v) is 3.37. The van der Waals surface area contributed by atoms with Crippen LogP contribution in [0.2, 0.25) is 0 Å². The Morgan fingerprint density at radius 3 is 1.86 bits per heavy atom. The van der Waals surface area contributed by atoms with Gasteiger partial charge in [0.15, 0.2) is 5.78 Å². The number of carbonyl (C=O) groups excluding carboxylic acids is 1. The summed E-state index contributed by atoms with van der Waals surface area (Å²) in [5.41, 5.74) is 6.87. The summed E-state index contributed by atoms with van der Waals surface area (Å²) in [4.78, 5) is 12.9. The lowest BCUT2D eigenvalue weighted by atomic mass is 9.86. The van der Waals surface area contributed by atoms with E-state index >= 15 is 0 Å². The number of carbonyl (C=O) groups is 1. The van der Waals surface area contributed by atoms with Gasteiger partial charge in [0, 0.05) is 14.7 Å². The largest absolute Gasteiger partial charge is 0.289 e. The molecule has 110 valence electrons. The molecule has 0 heterocycles. The maximum atomic E-state index is 13.2. The van der Waals surface area contributed by atoms with Crippen LogP contribution in [0.15, 0.2) is 18.2 Å². The highest BCUT2D eigenvalue weighted by Crippen LogP contribution is 2.29. The van der Waals surface area contributed by atoms with Crippen LogP contribution >= 0.6 is 22.6 Å². The van der Waals surface area contributed by atoms with Crippen molar-refractivity contribution in [3.05, 3.63) is 66.5 Å². The molecule has 3 heteroatoms. The van der Waals surface area contributed by atoms with Crippen molar-refractivity contribution >= 4 is 28.4 Å². The third kappa shape index (κ3) is 2.76. The number of rotatable bonds is 2. The van der Waals surface area contributed by atoms with Gasteiger partial charge in [-0.05, 0) is 103 Å². The van der Waals surface area contributed by atoms with Gasteiger partial charge < -0.3 is 0 Å². The van der Waals surface area contributed by atoms with E-state index in [-0.39, 0.29) is 11.6 Å². The Labute approximate surface area is 138 Å². The Morgan fingerprint density at radius 1 is 0.905 bits per heavy atom. The van der Waals surface area contributed by atoms with Gasteiger partial charge in [-0.2, -0.15) is 0 Å². The molecule has 0 spiro atoms. The minimum atomic E-state index is -0.319.